The minimum absolute atomic E-state index is 0.283. The zero-order valence-electron chi connectivity index (χ0n) is 10.1. The van der Waals surface area contributed by atoms with Gasteiger partial charge in [-0.3, -0.25) is 0 Å². The third-order valence-corrected chi connectivity index (χ3v) is 5.00. The maximum absolute atomic E-state index is 12.1. The Hall–Kier alpha value is -1.07. The summed E-state index contributed by atoms with van der Waals surface area (Å²) in [4.78, 5) is 0.283. The van der Waals surface area contributed by atoms with Gasteiger partial charge < -0.3 is 5.73 Å². The van der Waals surface area contributed by atoms with Gasteiger partial charge in [0.2, 0.25) is 10.0 Å². The average Bonchev–Trinajstić information content (AvgIpc) is 2.96. The molecule has 3 N–H and O–H groups in total. The van der Waals surface area contributed by atoms with Crippen molar-refractivity contribution in [3.8, 4) is 0 Å². The van der Waals surface area contributed by atoms with E-state index in [1.807, 2.05) is 0 Å². The molecule has 2 rings (SSSR count). The highest BCUT2D eigenvalue weighted by Gasteiger charge is 2.33. The van der Waals surface area contributed by atoms with Crippen molar-refractivity contribution >= 4 is 15.7 Å². The lowest BCUT2D eigenvalue weighted by atomic mass is 10.2. The number of nitrogen functional groups attached to an aromatic ring is 1. The van der Waals surface area contributed by atoms with Crippen molar-refractivity contribution in [2.24, 2.45) is 11.8 Å². The standard InChI is InChI=1S/C12H18N2O2S/c1-8-6-10(8)7-14-17(15,16)12-5-3-4-11(13)9(12)2/h3-5,8,10,14H,6-7,13H2,1-2H3. The minimum atomic E-state index is -3.42. The second-order valence-electron chi connectivity index (χ2n) is 4.80. The Morgan fingerprint density at radius 3 is 2.71 bits per heavy atom. The molecule has 1 saturated carbocycles. The first-order valence-electron chi connectivity index (χ1n) is 5.76. The van der Waals surface area contributed by atoms with Crippen molar-refractivity contribution in [3.63, 3.8) is 0 Å². The third kappa shape index (κ3) is 2.61. The van der Waals surface area contributed by atoms with Gasteiger partial charge in [0.1, 0.15) is 0 Å². The lowest BCUT2D eigenvalue weighted by Gasteiger charge is -2.10. The number of hydrogen-bond donors (Lipinski definition) is 2. The second-order valence-corrected chi connectivity index (χ2v) is 6.53. The summed E-state index contributed by atoms with van der Waals surface area (Å²) < 4.78 is 26.8. The van der Waals surface area contributed by atoms with Gasteiger partial charge in [-0.05, 0) is 42.9 Å². The molecule has 0 radical (unpaired) electrons. The van der Waals surface area contributed by atoms with Crippen molar-refractivity contribution in [1.29, 1.82) is 0 Å². The van der Waals surface area contributed by atoms with Gasteiger partial charge in [0.05, 0.1) is 4.90 Å². The van der Waals surface area contributed by atoms with Gasteiger partial charge in [-0.15, -0.1) is 0 Å². The van der Waals surface area contributed by atoms with Crippen LogP contribution in [0.3, 0.4) is 0 Å². The highest BCUT2D eigenvalue weighted by atomic mass is 32.2. The van der Waals surface area contributed by atoms with Crippen LogP contribution in [-0.4, -0.2) is 15.0 Å². The summed E-state index contributed by atoms with van der Waals surface area (Å²) in [5.74, 6) is 1.13. The Morgan fingerprint density at radius 1 is 1.47 bits per heavy atom. The van der Waals surface area contributed by atoms with E-state index in [4.69, 9.17) is 5.73 Å². The van der Waals surface area contributed by atoms with Crippen molar-refractivity contribution in [2.75, 3.05) is 12.3 Å². The first-order valence-corrected chi connectivity index (χ1v) is 7.25. The van der Waals surface area contributed by atoms with Crippen molar-refractivity contribution in [2.45, 2.75) is 25.2 Å². The monoisotopic (exact) mass is 254 g/mol. The molecular weight excluding hydrogens is 236 g/mol. The molecular formula is C12H18N2O2S. The van der Waals surface area contributed by atoms with Gasteiger partial charge in [0, 0.05) is 12.2 Å². The van der Waals surface area contributed by atoms with Gasteiger partial charge in [-0.25, -0.2) is 13.1 Å². The fourth-order valence-electron chi connectivity index (χ4n) is 1.90. The number of nitrogens with two attached hydrogens (primary N) is 1. The fraction of sp³-hybridized carbons (Fsp3) is 0.500. The summed E-state index contributed by atoms with van der Waals surface area (Å²) in [6.07, 6.45) is 1.11. The summed E-state index contributed by atoms with van der Waals surface area (Å²) in [5.41, 5.74) is 6.84. The first-order chi connectivity index (χ1) is 7.92. The van der Waals surface area contributed by atoms with Crippen LogP contribution >= 0.6 is 0 Å². The lowest BCUT2D eigenvalue weighted by molar-refractivity contribution is 0.574. The molecule has 1 aromatic carbocycles. The van der Waals surface area contributed by atoms with E-state index in [-0.39, 0.29) is 4.90 Å². The predicted octanol–water partition coefficient (Wildman–Crippen LogP) is 1.51. The Kier molecular flexibility index (Phi) is 3.14. The van der Waals surface area contributed by atoms with E-state index in [1.54, 1.807) is 25.1 Å². The van der Waals surface area contributed by atoms with E-state index in [9.17, 15) is 8.42 Å². The van der Waals surface area contributed by atoms with Gasteiger partial charge in [0.15, 0.2) is 0 Å². The number of rotatable bonds is 4. The average molecular weight is 254 g/mol. The van der Waals surface area contributed by atoms with E-state index >= 15 is 0 Å². The summed E-state index contributed by atoms with van der Waals surface area (Å²) in [6.45, 7) is 4.38. The highest BCUT2D eigenvalue weighted by molar-refractivity contribution is 7.89. The predicted molar refractivity (Wildman–Crippen MR) is 68.1 cm³/mol. The van der Waals surface area contributed by atoms with Crippen LogP contribution in [0.15, 0.2) is 23.1 Å². The first kappa shape index (κ1) is 12.4. The molecule has 2 unspecified atom stereocenters. The quantitative estimate of drug-likeness (QED) is 0.800. The molecule has 0 bridgehead atoms. The Morgan fingerprint density at radius 2 is 2.12 bits per heavy atom. The maximum Gasteiger partial charge on any atom is 0.240 e. The third-order valence-electron chi connectivity index (χ3n) is 3.43. The van der Waals surface area contributed by atoms with Crippen molar-refractivity contribution in [1.82, 2.24) is 4.72 Å². The summed E-state index contributed by atoms with van der Waals surface area (Å²) in [7, 11) is -3.42. The molecule has 1 aliphatic rings. The second kappa shape index (κ2) is 4.31. The molecule has 0 amide bonds. The molecule has 94 valence electrons. The Balaban J connectivity index is 2.16. The van der Waals surface area contributed by atoms with Crippen LogP contribution in [0.5, 0.6) is 0 Å². The van der Waals surface area contributed by atoms with Crippen molar-refractivity contribution in [3.05, 3.63) is 23.8 Å². The van der Waals surface area contributed by atoms with Crippen LogP contribution < -0.4 is 10.5 Å². The van der Waals surface area contributed by atoms with Crippen LogP contribution in [0.2, 0.25) is 0 Å². The number of sulfonamides is 1. The van der Waals surface area contributed by atoms with Gasteiger partial charge in [-0.2, -0.15) is 0 Å². The fourth-order valence-corrected chi connectivity index (χ4v) is 3.27. The van der Waals surface area contributed by atoms with Gasteiger partial charge >= 0.3 is 0 Å². The molecule has 5 heteroatoms. The normalized spacial score (nSPS) is 23.6. The van der Waals surface area contributed by atoms with Crippen LogP contribution in [-0.2, 0) is 10.0 Å². The molecule has 17 heavy (non-hydrogen) atoms. The number of nitrogens with one attached hydrogen (secondary N) is 1. The number of hydrogen-bond acceptors (Lipinski definition) is 3. The molecule has 4 nitrogen and oxygen atoms in total. The Labute approximate surface area is 102 Å². The lowest BCUT2D eigenvalue weighted by Crippen LogP contribution is -2.27. The van der Waals surface area contributed by atoms with Gasteiger partial charge in [0.25, 0.3) is 0 Å². The van der Waals surface area contributed by atoms with Crippen molar-refractivity contribution < 1.29 is 8.42 Å². The molecule has 0 aliphatic heterocycles. The smallest absolute Gasteiger partial charge is 0.240 e. The van der Waals surface area contributed by atoms with Crippen LogP contribution in [0.25, 0.3) is 0 Å². The molecule has 1 aliphatic carbocycles. The van der Waals surface area contributed by atoms with Crippen LogP contribution in [0.1, 0.15) is 18.9 Å². The molecule has 1 aromatic rings. The van der Waals surface area contributed by atoms with E-state index in [1.165, 1.54) is 0 Å². The maximum atomic E-state index is 12.1. The van der Waals surface area contributed by atoms with E-state index in [0.717, 1.165) is 6.42 Å². The highest BCUT2D eigenvalue weighted by Crippen LogP contribution is 2.37. The molecule has 0 saturated heterocycles. The van der Waals surface area contributed by atoms with Crippen LogP contribution in [0, 0.1) is 18.8 Å². The molecule has 2 atom stereocenters. The minimum Gasteiger partial charge on any atom is -0.398 e. The van der Waals surface area contributed by atoms with Gasteiger partial charge in [-0.1, -0.05) is 13.0 Å². The summed E-state index contributed by atoms with van der Waals surface area (Å²) in [5, 5.41) is 0. The summed E-state index contributed by atoms with van der Waals surface area (Å²) in [6, 6.07) is 4.96. The molecule has 0 heterocycles. The summed E-state index contributed by atoms with van der Waals surface area (Å²) >= 11 is 0. The van der Waals surface area contributed by atoms with E-state index in [2.05, 4.69) is 11.6 Å². The SMILES string of the molecule is Cc1c(N)cccc1S(=O)(=O)NCC1CC1C. The number of anilines is 1. The molecule has 0 aromatic heterocycles. The Bertz CT molecular complexity index is 525. The largest absolute Gasteiger partial charge is 0.398 e. The van der Waals surface area contributed by atoms with Crippen LogP contribution in [0.4, 0.5) is 5.69 Å². The molecule has 0 spiro atoms. The van der Waals surface area contributed by atoms with E-state index in [0.29, 0.717) is 29.6 Å². The zero-order chi connectivity index (χ0) is 12.6. The topological polar surface area (TPSA) is 72.2 Å². The zero-order valence-corrected chi connectivity index (χ0v) is 10.9. The number of benzene rings is 1. The molecule has 1 fully saturated rings. The van der Waals surface area contributed by atoms with E-state index < -0.39 is 10.0 Å².